The number of carbonyl (C=O) groups excluding carboxylic acids is 1. The summed E-state index contributed by atoms with van der Waals surface area (Å²) in [5, 5.41) is 15.5. The molecule has 112 valence electrons. The summed E-state index contributed by atoms with van der Waals surface area (Å²) in [7, 11) is 3.25. The first-order chi connectivity index (χ1) is 9.52. The van der Waals surface area contributed by atoms with Gasteiger partial charge < -0.3 is 20.1 Å². The van der Waals surface area contributed by atoms with Crippen LogP contribution in [0.15, 0.2) is 6.33 Å². The zero-order valence-corrected chi connectivity index (χ0v) is 11.6. The Morgan fingerprint density at radius 1 is 1.55 bits per heavy atom. The van der Waals surface area contributed by atoms with Crippen LogP contribution < -0.4 is 5.32 Å². The van der Waals surface area contributed by atoms with Gasteiger partial charge in [0, 0.05) is 33.7 Å². The Bertz CT molecular complexity index is 448. The molecule has 0 aromatic carbocycles. The molecule has 0 bridgehead atoms. The zero-order valence-electron chi connectivity index (χ0n) is 11.6. The molecule has 1 aromatic heterocycles. The number of aromatic nitrogens is 3. The smallest absolute Gasteiger partial charge is 0.323 e. The third kappa shape index (κ3) is 5.65. The Morgan fingerprint density at radius 2 is 2.30 bits per heavy atom. The third-order valence-electron chi connectivity index (χ3n) is 2.45. The van der Waals surface area contributed by atoms with E-state index >= 15 is 0 Å². The fraction of sp³-hybridized carbons (Fsp3) is 0.636. The van der Waals surface area contributed by atoms with E-state index in [1.807, 2.05) is 0 Å². The molecule has 0 radical (unpaired) electrons. The van der Waals surface area contributed by atoms with E-state index in [1.54, 1.807) is 18.1 Å². The third-order valence-corrected chi connectivity index (χ3v) is 2.45. The monoisotopic (exact) mass is 285 g/mol. The van der Waals surface area contributed by atoms with Gasteiger partial charge in [-0.2, -0.15) is 5.10 Å². The van der Waals surface area contributed by atoms with Crippen LogP contribution in [-0.4, -0.2) is 70.1 Å². The Labute approximate surface area is 116 Å². The molecule has 0 atom stereocenters. The van der Waals surface area contributed by atoms with Gasteiger partial charge in [0.1, 0.15) is 12.9 Å². The van der Waals surface area contributed by atoms with Crippen LogP contribution in [0.5, 0.6) is 0 Å². The van der Waals surface area contributed by atoms with E-state index in [0.29, 0.717) is 18.8 Å². The maximum absolute atomic E-state index is 11.8. The maximum atomic E-state index is 11.8. The number of nitrogens with one attached hydrogen (secondary N) is 1. The Morgan fingerprint density at radius 3 is 2.85 bits per heavy atom. The Kier molecular flexibility index (Phi) is 6.44. The number of carboxylic acids is 1. The number of carbonyl (C=O) groups is 2. The predicted molar refractivity (Wildman–Crippen MR) is 69.2 cm³/mol. The van der Waals surface area contributed by atoms with E-state index in [-0.39, 0.29) is 19.7 Å². The van der Waals surface area contributed by atoms with Crippen molar-refractivity contribution in [1.82, 2.24) is 25.0 Å². The second kappa shape index (κ2) is 8.10. The van der Waals surface area contributed by atoms with Crippen molar-refractivity contribution in [2.75, 3.05) is 33.4 Å². The fourth-order valence-electron chi connectivity index (χ4n) is 1.51. The van der Waals surface area contributed by atoms with Crippen LogP contribution in [0.1, 0.15) is 5.82 Å². The number of ether oxygens (including phenoxy) is 1. The Hall–Kier alpha value is -2.16. The molecular weight excluding hydrogens is 266 g/mol. The summed E-state index contributed by atoms with van der Waals surface area (Å²) in [4.78, 5) is 27.7. The normalized spacial score (nSPS) is 10.3. The summed E-state index contributed by atoms with van der Waals surface area (Å²) >= 11 is 0. The number of amides is 2. The summed E-state index contributed by atoms with van der Waals surface area (Å²) in [5.41, 5.74) is 0. The highest BCUT2D eigenvalue weighted by Gasteiger charge is 2.16. The second-order valence-electron chi connectivity index (χ2n) is 4.12. The standard InChI is InChI=1S/C11H19N5O4/c1-15-8-13-9(14-15)3-4-12-11(19)16(5-6-20-2)7-10(17)18/h8H,3-7H2,1-2H3,(H,12,19)(H,17,18). The fourth-order valence-corrected chi connectivity index (χ4v) is 1.51. The lowest BCUT2D eigenvalue weighted by Crippen LogP contribution is -2.44. The molecule has 20 heavy (non-hydrogen) atoms. The molecule has 9 heteroatoms. The van der Waals surface area contributed by atoms with Crippen molar-refractivity contribution < 1.29 is 19.4 Å². The molecule has 0 unspecified atom stereocenters. The van der Waals surface area contributed by atoms with Crippen LogP contribution in [0.25, 0.3) is 0 Å². The lowest BCUT2D eigenvalue weighted by Gasteiger charge is -2.20. The highest BCUT2D eigenvalue weighted by Crippen LogP contribution is 1.92. The first kappa shape index (κ1) is 15.9. The summed E-state index contributed by atoms with van der Waals surface area (Å²) in [6.45, 7) is 0.474. The van der Waals surface area contributed by atoms with Gasteiger partial charge in [-0.05, 0) is 0 Å². The largest absolute Gasteiger partial charge is 0.480 e. The predicted octanol–water partition coefficient (Wildman–Crippen LogP) is -0.900. The second-order valence-corrected chi connectivity index (χ2v) is 4.12. The average molecular weight is 285 g/mol. The number of nitrogens with zero attached hydrogens (tertiary/aromatic N) is 4. The topological polar surface area (TPSA) is 110 Å². The molecule has 1 rings (SSSR count). The number of hydrogen-bond donors (Lipinski definition) is 2. The molecule has 2 N–H and O–H groups in total. The first-order valence-electron chi connectivity index (χ1n) is 6.11. The first-order valence-corrected chi connectivity index (χ1v) is 6.11. The van der Waals surface area contributed by atoms with E-state index in [9.17, 15) is 9.59 Å². The van der Waals surface area contributed by atoms with Gasteiger partial charge in [0.15, 0.2) is 5.82 Å². The minimum atomic E-state index is -1.07. The van der Waals surface area contributed by atoms with E-state index in [0.717, 1.165) is 0 Å². The van der Waals surface area contributed by atoms with Crippen LogP contribution >= 0.6 is 0 Å². The minimum absolute atomic E-state index is 0.219. The average Bonchev–Trinajstić information content (AvgIpc) is 2.79. The zero-order chi connectivity index (χ0) is 15.0. The van der Waals surface area contributed by atoms with Crippen molar-refractivity contribution >= 4 is 12.0 Å². The van der Waals surface area contributed by atoms with Gasteiger partial charge in [-0.3, -0.25) is 9.48 Å². The maximum Gasteiger partial charge on any atom is 0.323 e. The van der Waals surface area contributed by atoms with Gasteiger partial charge in [-0.1, -0.05) is 0 Å². The van der Waals surface area contributed by atoms with E-state index in [4.69, 9.17) is 9.84 Å². The minimum Gasteiger partial charge on any atom is -0.480 e. The van der Waals surface area contributed by atoms with Gasteiger partial charge in [0.25, 0.3) is 0 Å². The van der Waals surface area contributed by atoms with Crippen LogP contribution in [0.4, 0.5) is 4.79 Å². The van der Waals surface area contributed by atoms with E-state index in [1.165, 1.54) is 12.0 Å². The number of aryl methyl sites for hydroxylation is 1. The Balaban J connectivity index is 2.38. The van der Waals surface area contributed by atoms with Gasteiger partial charge in [-0.15, -0.1) is 0 Å². The molecule has 2 amide bonds. The van der Waals surface area contributed by atoms with Crippen molar-refractivity contribution in [1.29, 1.82) is 0 Å². The summed E-state index contributed by atoms with van der Waals surface area (Å²) in [5.74, 6) is -0.447. The van der Waals surface area contributed by atoms with Crippen LogP contribution in [0, 0.1) is 0 Å². The summed E-state index contributed by atoms with van der Waals surface area (Å²) in [6.07, 6.45) is 2.06. The van der Waals surface area contributed by atoms with Crippen molar-refractivity contribution in [2.24, 2.45) is 7.05 Å². The molecule has 0 saturated heterocycles. The number of urea groups is 1. The molecule has 1 heterocycles. The molecule has 1 aromatic rings. The number of rotatable bonds is 8. The SMILES string of the molecule is COCCN(CC(=O)O)C(=O)NCCc1ncn(C)n1. The van der Waals surface area contributed by atoms with Crippen molar-refractivity contribution in [3.8, 4) is 0 Å². The number of methoxy groups -OCH3 is 1. The molecule has 0 spiro atoms. The number of hydrogen-bond acceptors (Lipinski definition) is 5. The quantitative estimate of drug-likeness (QED) is 0.640. The molecule has 9 nitrogen and oxygen atoms in total. The van der Waals surface area contributed by atoms with Gasteiger partial charge >= 0.3 is 12.0 Å². The highest BCUT2D eigenvalue weighted by molar-refractivity contribution is 5.80. The summed E-state index contributed by atoms with van der Waals surface area (Å²) in [6, 6.07) is -0.444. The summed E-state index contributed by atoms with van der Waals surface area (Å²) < 4.78 is 6.42. The molecule has 0 fully saturated rings. The van der Waals surface area contributed by atoms with Gasteiger partial charge in [0.2, 0.25) is 0 Å². The lowest BCUT2D eigenvalue weighted by atomic mass is 10.4. The van der Waals surface area contributed by atoms with Crippen molar-refractivity contribution in [2.45, 2.75) is 6.42 Å². The number of carboxylic acid groups (broad SMARTS) is 1. The molecule has 0 aliphatic carbocycles. The van der Waals surface area contributed by atoms with E-state index < -0.39 is 12.0 Å². The molecule has 0 saturated carbocycles. The molecule has 0 aliphatic rings. The van der Waals surface area contributed by atoms with Crippen molar-refractivity contribution in [3.63, 3.8) is 0 Å². The highest BCUT2D eigenvalue weighted by atomic mass is 16.5. The van der Waals surface area contributed by atoms with E-state index in [2.05, 4.69) is 15.4 Å². The van der Waals surface area contributed by atoms with Crippen molar-refractivity contribution in [3.05, 3.63) is 12.2 Å². The van der Waals surface area contributed by atoms with Crippen LogP contribution in [0.3, 0.4) is 0 Å². The molecule has 0 aliphatic heterocycles. The lowest BCUT2D eigenvalue weighted by molar-refractivity contribution is -0.137. The number of aliphatic carboxylic acids is 1. The van der Waals surface area contributed by atoms with Crippen LogP contribution in [-0.2, 0) is 23.0 Å². The van der Waals surface area contributed by atoms with Gasteiger partial charge in [-0.25, -0.2) is 9.78 Å². The van der Waals surface area contributed by atoms with Gasteiger partial charge in [0.05, 0.1) is 6.61 Å². The van der Waals surface area contributed by atoms with Crippen LogP contribution in [0.2, 0.25) is 0 Å². The molecular formula is C11H19N5O4.